The number of ether oxygens (including phenoxy) is 2. The SMILES string of the molecule is COC1(C(F)(F)F)CC(Oc2nn(CC(=O)Nc3ncc(F)cn3)c(=O)c3ccc(Br)cc23)C1. The fraction of sp³-hybridized carbons (Fsp3) is 0.350. The first-order valence-electron chi connectivity index (χ1n) is 9.77. The summed E-state index contributed by atoms with van der Waals surface area (Å²) in [6.45, 7) is -0.572. The predicted octanol–water partition coefficient (Wildman–Crippen LogP) is 3.22. The largest absolute Gasteiger partial charge is 0.473 e. The number of anilines is 1. The van der Waals surface area contributed by atoms with Gasteiger partial charge in [-0.3, -0.25) is 14.9 Å². The average molecular weight is 546 g/mol. The molecule has 0 spiro atoms. The zero-order valence-electron chi connectivity index (χ0n) is 17.4. The molecule has 0 aliphatic heterocycles. The lowest BCUT2D eigenvalue weighted by Gasteiger charge is -2.46. The van der Waals surface area contributed by atoms with E-state index in [4.69, 9.17) is 9.47 Å². The zero-order chi connectivity index (χ0) is 24.7. The average Bonchev–Trinajstić information content (AvgIpc) is 2.74. The van der Waals surface area contributed by atoms with E-state index in [1.54, 1.807) is 12.1 Å². The van der Waals surface area contributed by atoms with Crippen molar-refractivity contribution < 1.29 is 31.8 Å². The van der Waals surface area contributed by atoms with Crippen LogP contribution in [0, 0.1) is 5.82 Å². The molecule has 0 radical (unpaired) electrons. The van der Waals surface area contributed by atoms with Crippen LogP contribution >= 0.6 is 15.9 Å². The zero-order valence-corrected chi connectivity index (χ0v) is 19.0. The lowest BCUT2D eigenvalue weighted by molar-refractivity contribution is -0.312. The molecule has 4 rings (SSSR count). The third-order valence-electron chi connectivity index (χ3n) is 5.35. The van der Waals surface area contributed by atoms with Crippen LogP contribution in [0.3, 0.4) is 0 Å². The van der Waals surface area contributed by atoms with Crippen molar-refractivity contribution in [3.8, 4) is 5.88 Å². The summed E-state index contributed by atoms with van der Waals surface area (Å²) < 4.78 is 64.7. The van der Waals surface area contributed by atoms with Crippen LogP contribution in [0.1, 0.15) is 12.8 Å². The van der Waals surface area contributed by atoms with Gasteiger partial charge in [0.1, 0.15) is 12.6 Å². The van der Waals surface area contributed by atoms with Gasteiger partial charge < -0.3 is 9.47 Å². The number of carbonyl (C=O) groups excluding carboxylic acids is 1. The van der Waals surface area contributed by atoms with Crippen LogP contribution in [0.5, 0.6) is 5.88 Å². The molecule has 0 unspecified atom stereocenters. The first-order valence-corrected chi connectivity index (χ1v) is 10.6. The van der Waals surface area contributed by atoms with Crippen LogP contribution in [-0.2, 0) is 16.1 Å². The maximum atomic E-state index is 13.3. The van der Waals surface area contributed by atoms with Gasteiger partial charge in [0, 0.05) is 24.4 Å². The number of hydrogen-bond donors (Lipinski definition) is 1. The van der Waals surface area contributed by atoms with Gasteiger partial charge in [-0.1, -0.05) is 15.9 Å². The molecular formula is C20H16BrF4N5O4. The Morgan fingerprint density at radius 2 is 1.94 bits per heavy atom. The van der Waals surface area contributed by atoms with Crippen molar-refractivity contribution in [1.29, 1.82) is 0 Å². The highest BCUT2D eigenvalue weighted by atomic mass is 79.9. The fourth-order valence-electron chi connectivity index (χ4n) is 3.53. The highest BCUT2D eigenvalue weighted by Crippen LogP contribution is 2.49. The summed E-state index contributed by atoms with van der Waals surface area (Å²) in [6.07, 6.45) is -4.64. The Kier molecular flexibility index (Phi) is 6.29. The molecule has 9 nitrogen and oxygen atoms in total. The predicted molar refractivity (Wildman–Crippen MR) is 114 cm³/mol. The van der Waals surface area contributed by atoms with E-state index >= 15 is 0 Å². The van der Waals surface area contributed by atoms with Gasteiger partial charge in [0.05, 0.1) is 23.2 Å². The molecular weight excluding hydrogens is 530 g/mol. The minimum Gasteiger partial charge on any atom is -0.473 e. The first-order chi connectivity index (χ1) is 16.0. The molecule has 1 aliphatic rings. The Morgan fingerprint density at radius 1 is 1.26 bits per heavy atom. The van der Waals surface area contributed by atoms with Gasteiger partial charge >= 0.3 is 6.18 Å². The van der Waals surface area contributed by atoms with Gasteiger partial charge in [-0.15, -0.1) is 5.10 Å². The minimum absolute atomic E-state index is 0.112. The number of fused-ring (bicyclic) bond motifs is 1. The number of hydrogen-bond acceptors (Lipinski definition) is 7. The fourth-order valence-corrected chi connectivity index (χ4v) is 3.89. The molecule has 1 amide bonds. The topological polar surface area (TPSA) is 108 Å². The maximum absolute atomic E-state index is 13.3. The summed E-state index contributed by atoms with van der Waals surface area (Å²) in [5.41, 5.74) is -2.93. The second kappa shape index (κ2) is 8.91. The Labute approximate surface area is 197 Å². The molecule has 34 heavy (non-hydrogen) atoms. The normalized spacial score (nSPS) is 20.1. The number of alkyl halides is 3. The van der Waals surface area contributed by atoms with Gasteiger partial charge in [-0.25, -0.2) is 19.0 Å². The summed E-state index contributed by atoms with van der Waals surface area (Å²) in [6, 6.07) is 4.61. The number of aromatic nitrogens is 4. The van der Waals surface area contributed by atoms with Crippen molar-refractivity contribution >= 4 is 38.6 Å². The lowest BCUT2D eigenvalue weighted by atomic mass is 9.76. The van der Waals surface area contributed by atoms with Crippen LogP contribution in [-0.4, -0.2) is 50.6 Å². The van der Waals surface area contributed by atoms with E-state index in [0.717, 1.165) is 24.2 Å². The van der Waals surface area contributed by atoms with Gasteiger partial charge in [0.25, 0.3) is 5.56 Å². The van der Waals surface area contributed by atoms with E-state index in [-0.39, 0.29) is 22.6 Å². The number of methoxy groups -OCH3 is 1. The maximum Gasteiger partial charge on any atom is 0.417 e. The monoisotopic (exact) mass is 545 g/mol. The van der Waals surface area contributed by atoms with Crippen LogP contribution in [0.4, 0.5) is 23.5 Å². The number of benzene rings is 1. The van der Waals surface area contributed by atoms with Crippen LogP contribution < -0.4 is 15.6 Å². The smallest absolute Gasteiger partial charge is 0.417 e. The Morgan fingerprint density at radius 3 is 2.56 bits per heavy atom. The molecule has 2 heterocycles. The first kappa shape index (κ1) is 24.0. The molecule has 1 fully saturated rings. The summed E-state index contributed by atoms with van der Waals surface area (Å²) >= 11 is 3.28. The quantitative estimate of drug-likeness (QED) is 0.474. The third-order valence-corrected chi connectivity index (χ3v) is 5.85. The van der Waals surface area contributed by atoms with Crippen LogP contribution in [0.25, 0.3) is 10.8 Å². The number of nitrogens with one attached hydrogen (secondary N) is 1. The van der Waals surface area contributed by atoms with Gasteiger partial charge in [-0.2, -0.15) is 13.2 Å². The summed E-state index contributed by atoms with van der Waals surface area (Å²) in [4.78, 5) is 32.4. The molecule has 0 atom stereocenters. The highest BCUT2D eigenvalue weighted by molar-refractivity contribution is 9.10. The van der Waals surface area contributed by atoms with Crippen molar-refractivity contribution in [2.45, 2.75) is 37.3 Å². The lowest BCUT2D eigenvalue weighted by Crippen LogP contribution is -2.60. The molecule has 2 aromatic heterocycles. The second-order valence-electron chi connectivity index (χ2n) is 7.58. The molecule has 0 saturated heterocycles. The van der Waals surface area contributed by atoms with Crippen molar-refractivity contribution in [3.63, 3.8) is 0 Å². The highest BCUT2D eigenvalue weighted by Gasteiger charge is 2.64. The van der Waals surface area contributed by atoms with Crippen LogP contribution in [0.2, 0.25) is 0 Å². The van der Waals surface area contributed by atoms with E-state index in [0.29, 0.717) is 4.47 Å². The summed E-state index contributed by atoms with van der Waals surface area (Å²) in [7, 11) is 0.984. The van der Waals surface area contributed by atoms with Crippen LogP contribution in [0.15, 0.2) is 39.9 Å². The van der Waals surface area contributed by atoms with E-state index in [1.807, 2.05) is 0 Å². The number of amides is 1. The molecule has 1 N–H and O–H groups in total. The number of halogens is 5. The molecule has 180 valence electrons. The number of carbonyl (C=O) groups is 1. The van der Waals surface area contributed by atoms with Crippen molar-refractivity contribution in [3.05, 3.63) is 51.2 Å². The minimum atomic E-state index is -4.57. The van der Waals surface area contributed by atoms with E-state index in [9.17, 15) is 27.2 Å². The standard InChI is InChI=1S/C20H16BrF4N5O4/c1-33-19(20(23,24)25)5-12(6-19)34-16-14-4-10(21)2-3-13(14)17(32)30(29-16)9-15(31)28-18-26-7-11(22)8-27-18/h2-4,7-8,12H,5-6,9H2,1H3,(H,26,27,28,31). The molecule has 0 bridgehead atoms. The van der Waals surface area contributed by atoms with Gasteiger partial charge in [-0.05, 0) is 18.2 Å². The Balaban J connectivity index is 1.61. The summed E-state index contributed by atoms with van der Waals surface area (Å²) in [5, 5.41) is 6.78. The van der Waals surface area contributed by atoms with Crippen molar-refractivity contribution in [2.24, 2.45) is 0 Å². The molecule has 3 aromatic rings. The molecule has 1 aliphatic carbocycles. The van der Waals surface area contributed by atoms with Gasteiger partial charge in [0.15, 0.2) is 11.4 Å². The summed E-state index contributed by atoms with van der Waals surface area (Å²) in [5.74, 6) is -1.73. The second-order valence-corrected chi connectivity index (χ2v) is 8.49. The van der Waals surface area contributed by atoms with Crippen molar-refractivity contribution in [1.82, 2.24) is 19.7 Å². The Hall–Kier alpha value is -3.13. The number of nitrogens with zero attached hydrogens (tertiary/aromatic N) is 4. The van der Waals surface area contributed by atoms with E-state index in [2.05, 4.69) is 36.3 Å². The van der Waals surface area contributed by atoms with E-state index < -0.39 is 54.6 Å². The third kappa shape index (κ3) is 4.59. The number of rotatable bonds is 6. The van der Waals surface area contributed by atoms with Crippen molar-refractivity contribution in [2.75, 3.05) is 12.4 Å². The Bertz CT molecular complexity index is 1290. The van der Waals surface area contributed by atoms with Gasteiger partial charge in [0.2, 0.25) is 17.7 Å². The molecule has 1 saturated carbocycles. The molecule has 14 heteroatoms. The van der Waals surface area contributed by atoms with E-state index in [1.165, 1.54) is 6.07 Å². The molecule has 1 aromatic carbocycles.